The third-order valence-corrected chi connectivity index (χ3v) is 4.18. The molecule has 2 aromatic rings. The Morgan fingerprint density at radius 1 is 1.33 bits per heavy atom. The molecule has 18 heavy (non-hydrogen) atoms. The first-order chi connectivity index (χ1) is 8.58. The third-order valence-electron chi connectivity index (χ3n) is 2.20. The Morgan fingerprint density at radius 3 is 2.78 bits per heavy atom. The Labute approximate surface area is 117 Å². The molecule has 0 bridgehead atoms. The van der Waals surface area contributed by atoms with Crippen molar-refractivity contribution in [3.63, 3.8) is 0 Å². The summed E-state index contributed by atoms with van der Waals surface area (Å²) in [5.41, 5.74) is 12.1. The Morgan fingerprint density at radius 2 is 2.11 bits per heavy atom. The van der Waals surface area contributed by atoms with Gasteiger partial charge in [-0.1, -0.05) is 11.8 Å². The molecule has 1 amide bonds. The third kappa shape index (κ3) is 2.83. The average molecular weight is 324 g/mol. The molecule has 0 radical (unpaired) electrons. The van der Waals surface area contributed by atoms with E-state index in [1.807, 2.05) is 12.1 Å². The highest BCUT2D eigenvalue weighted by molar-refractivity contribution is 9.10. The number of rotatable bonds is 3. The van der Waals surface area contributed by atoms with Crippen LogP contribution >= 0.6 is 27.7 Å². The predicted octanol–water partition coefficient (Wildman–Crippen LogP) is 2.68. The van der Waals surface area contributed by atoms with Crippen molar-refractivity contribution in [2.45, 2.75) is 9.92 Å². The van der Waals surface area contributed by atoms with Gasteiger partial charge in [0.1, 0.15) is 5.03 Å². The average Bonchev–Trinajstić information content (AvgIpc) is 2.32. The van der Waals surface area contributed by atoms with Crippen LogP contribution in [0.3, 0.4) is 0 Å². The zero-order valence-corrected chi connectivity index (χ0v) is 11.7. The molecule has 0 aliphatic heterocycles. The number of pyridine rings is 1. The predicted molar refractivity (Wildman–Crippen MR) is 75.4 cm³/mol. The van der Waals surface area contributed by atoms with Crippen molar-refractivity contribution in [1.82, 2.24) is 4.98 Å². The van der Waals surface area contributed by atoms with E-state index >= 15 is 0 Å². The van der Waals surface area contributed by atoms with Crippen LogP contribution in [0.2, 0.25) is 0 Å². The highest BCUT2D eigenvalue weighted by atomic mass is 79.9. The lowest BCUT2D eigenvalue weighted by molar-refractivity contribution is 0.0997. The van der Waals surface area contributed by atoms with Crippen LogP contribution in [-0.2, 0) is 0 Å². The fourth-order valence-electron chi connectivity index (χ4n) is 1.38. The first-order valence-electron chi connectivity index (χ1n) is 5.05. The normalized spacial score (nSPS) is 10.3. The van der Waals surface area contributed by atoms with E-state index in [1.165, 1.54) is 11.8 Å². The van der Waals surface area contributed by atoms with Crippen LogP contribution in [0.4, 0.5) is 5.69 Å². The summed E-state index contributed by atoms with van der Waals surface area (Å²) in [5.74, 6) is -0.482. The Kier molecular flexibility index (Phi) is 3.88. The van der Waals surface area contributed by atoms with Gasteiger partial charge in [0.15, 0.2) is 0 Å². The van der Waals surface area contributed by atoms with E-state index in [2.05, 4.69) is 20.9 Å². The van der Waals surface area contributed by atoms with Crippen LogP contribution in [0.1, 0.15) is 10.4 Å². The van der Waals surface area contributed by atoms with E-state index in [0.29, 0.717) is 16.1 Å². The van der Waals surface area contributed by atoms with Gasteiger partial charge in [-0.15, -0.1) is 0 Å². The molecule has 1 aromatic carbocycles. The molecule has 0 aliphatic rings. The van der Waals surface area contributed by atoms with Crippen molar-refractivity contribution in [2.75, 3.05) is 5.73 Å². The second-order valence-corrected chi connectivity index (χ2v) is 5.40. The minimum atomic E-state index is -0.482. The number of carbonyl (C=O) groups is 1. The molecule has 92 valence electrons. The second kappa shape index (κ2) is 5.41. The van der Waals surface area contributed by atoms with E-state index in [0.717, 1.165) is 9.50 Å². The Bertz CT molecular complexity index is 604. The summed E-state index contributed by atoms with van der Waals surface area (Å²) in [6, 6.07) is 8.69. The molecule has 0 aliphatic carbocycles. The molecule has 0 unspecified atom stereocenters. The first kappa shape index (κ1) is 12.9. The molecule has 4 N–H and O–H groups in total. The maximum atomic E-state index is 11.3. The van der Waals surface area contributed by atoms with Crippen molar-refractivity contribution in [3.8, 4) is 0 Å². The van der Waals surface area contributed by atoms with Gasteiger partial charge in [-0.3, -0.25) is 4.79 Å². The van der Waals surface area contributed by atoms with E-state index < -0.39 is 5.91 Å². The lowest BCUT2D eigenvalue weighted by atomic mass is 10.2. The lowest BCUT2D eigenvalue weighted by Gasteiger charge is -2.08. The van der Waals surface area contributed by atoms with Crippen molar-refractivity contribution in [1.29, 1.82) is 0 Å². The molecule has 0 atom stereocenters. The summed E-state index contributed by atoms with van der Waals surface area (Å²) in [5, 5.41) is 0.755. The first-order valence-corrected chi connectivity index (χ1v) is 6.66. The van der Waals surface area contributed by atoms with Crippen molar-refractivity contribution >= 4 is 39.3 Å². The fraction of sp³-hybridized carbons (Fsp3) is 0. The number of nitrogens with two attached hydrogens (primary N) is 2. The maximum Gasteiger partial charge on any atom is 0.249 e. The van der Waals surface area contributed by atoms with E-state index in [1.54, 1.807) is 24.4 Å². The standard InChI is InChI=1S/C12H10BrN3OS/c13-9-2-1-5-16-12(9)18-10-6-7(14)3-4-8(10)11(15)17/h1-6H,14H2,(H2,15,17). The number of nitrogen functional groups attached to an aromatic ring is 1. The van der Waals surface area contributed by atoms with Gasteiger partial charge in [-0.05, 0) is 46.3 Å². The number of anilines is 1. The van der Waals surface area contributed by atoms with E-state index in [9.17, 15) is 4.79 Å². The van der Waals surface area contributed by atoms with Crippen molar-refractivity contribution in [2.24, 2.45) is 5.73 Å². The summed E-state index contributed by atoms with van der Waals surface area (Å²) < 4.78 is 0.854. The molecular formula is C12H10BrN3OS. The largest absolute Gasteiger partial charge is 0.399 e. The number of hydrogen-bond donors (Lipinski definition) is 2. The van der Waals surface area contributed by atoms with Gasteiger partial charge in [-0.25, -0.2) is 4.98 Å². The minimum absolute atomic E-state index is 0.437. The van der Waals surface area contributed by atoms with Gasteiger partial charge in [-0.2, -0.15) is 0 Å². The number of carbonyl (C=O) groups excluding carboxylic acids is 1. The molecule has 0 saturated heterocycles. The summed E-state index contributed by atoms with van der Waals surface area (Å²) in [6.07, 6.45) is 1.68. The highest BCUT2D eigenvalue weighted by Crippen LogP contribution is 2.34. The molecular weight excluding hydrogens is 314 g/mol. The van der Waals surface area contributed by atoms with E-state index in [4.69, 9.17) is 11.5 Å². The van der Waals surface area contributed by atoms with Gasteiger partial charge in [0, 0.05) is 16.8 Å². The molecule has 6 heteroatoms. The number of nitrogens with zero attached hydrogens (tertiary/aromatic N) is 1. The quantitative estimate of drug-likeness (QED) is 0.851. The monoisotopic (exact) mass is 323 g/mol. The SMILES string of the molecule is NC(=O)c1ccc(N)cc1Sc1ncccc1Br. The number of amides is 1. The van der Waals surface area contributed by atoms with Crippen LogP contribution in [0.25, 0.3) is 0 Å². The minimum Gasteiger partial charge on any atom is -0.399 e. The van der Waals surface area contributed by atoms with Gasteiger partial charge >= 0.3 is 0 Å². The number of primary amides is 1. The zero-order chi connectivity index (χ0) is 13.1. The molecule has 4 nitrogen and oxygen atoms in total. The Balaban J connectivity index is 2.42. The molecule has 1 aromatic heterocycles. The van der Waals surface area contributed by atoms with Crippen LogP contribution in [-0.4, -0.2) is 10.9 Å². The molecule has 0 spiro atoms. The zero-order valence-electron chi connectivity index (χ0n) is 9.26. The number of aromatic nitrogens is 1. The molecule has 0 saturated carbocycles. The van der Waals surface area contributed by atoms with Gasteiger partial charge in [0.25, 0.3) is 0 Å². The summed E-state index contributed by atoms with van der Waals surface area (Å²) in [6.45, 7) is 0. The topological polar surface area (TPSA) is 82.0 Å². The number of benzene rings is 1. The molecule has 0 fully saturated rings. The highest BCUT2D eigenvalue weighted by Gasteiger charge is 2.12. The van der Waals surface area contributed by atoms with Gasteiger partial charge in [0.2, 0.25) is 5.91 Å². The number of hydrogen-bond acceptors (Lipinski definition) is 4. The Hall–Kier alpha value is -1.53. The van der Waals surface area contributed by atoms with E-state index in [-0.39, 0.29) is 0 Å². The molecule has 2 rings (SSSR count). The van der Waals surface area contributed by atoms with Crippen molar-refractivity contribution in [3.05, 3.63) is 46.6 Å². The lowest BCUT2D eigenvalue weighted by Crippen LogP contribution is -2.12. The van der Waals surface area contributed by atoms with Crippen LogP contribution in [0, 0.1) is 0 Å². The summed E-state index contributed by atoms with van der Waals surface area (Å²) in [7, 11) is 0. The smallest absolute Gasteiger partial charge is 0.249 e. The number of halogens is 1. The molecule has 1 heterocycles. The fourth-order valence-corrected chi connectivity index (χ4v) is 2.84. The van der Waals surface area contributed by atoms with Crippen LogP contribution in [0.15, 0.2) is 50.9 Å². The van der Waals surface area contributed by atoms with Gasteiger partial charge < -0.3 is 11.5 Å². The van der Waals surface area contributed by atoms with Crippen LogP contribution < -0.4 is 11.5 Å². The summed E-state index contributed by atoms with van der Waals surface area (Å²) in [4.78, 5) is 16.3. The second-order valence-electron chi connectivity index (χ2n) is 3.51. The summed E-state index contributed by atoms with van der Waals surface area (Å²) >= 11 is 4.75. The van der Waals surface area contributed by atoms with Crippen LogP contribution in [0.5, 0.6) is 0 Å². The van der Waals surface area contributed by atoms with Gasteiger partial charge in [0.05, 0.1) is 10.0 Å². The van der Waals surface area contributed by atoms with Crippen molar-refractivity contribution < 1.29 is 4.79 Å². The maximum absolute atomic E-state index is 11.3.